The number of amides is 3. The molecule has 3 aromatic carbocycles. The summed E-state index contributed by atoms with van der Waals surface area (Å²) in [6.07, 6.45) is -6.33. The van der Waals surface area contributed by atoms with Crippen LogP contribution in [0.4, 0.5) is 33.7 Å². The minimum Gasteiger partial charge on any atom is -0.311 e. The van der Waals surface area contributed by atoms with Crippen LogP contribution in [0.3, 0.4) is 0 Å². The molecule has 34 heavy (non-hydrogen) atoms. The number of benzene rings is 3. The topological polar surface area (TPSA) is 73.8 Å². The average Bonchev–Trinajstić information content (AvgIpc) is 2.91. The fourth-order valence-electron chi connectivity index (χ4n) is 3.59. The molecule has 0 saturated heterocycles. The van der Waals surface area contributed by atoms with Crippen molar-refractivity contribution < 1.29 is 27.2 Å². The summed E-state index contributed by atoms with van der Waals surface area (Å²) in [5, 5.41) is 4.37. The van der Waals surface area contributed by atoms with Crippen molar-refractivity contribution in [2.24, 2.45) is 4.99 Å². The molecule has 0 aliphatic carbocycles. The first kappa shape index (κ1) is 23.0. The first-order valence-corrected chi connectivity index (χ1v) is 10.1. The number of para-hydroxylation sites is 1. The second-order valence-electron chi connectivity index (χ2n) is 7.45. The Morgan fingerprint density at radius 1 is 1.00 bits per heavy atom. The molecule has 3 amide bonds. The summed E-state index contributed by atoms with van der Waals surface area (Å²) in [4.78, 5) is 31.5. The molecule has 1 aliphatic rings. The van der Waals surface area contributed by atoms with Crippen LogP contribution in [0.25, 0.3) is 0 Å². The number of carbonyl (C=O) groups excluding carboxylic acids is 2. The van der Waals surface area contributed by atoms with Crippen LogP contribution in [0.2, 0.25) is 0 Å². The number of nitrogens with one attached hydrogen (secondary N) is 2. The SMILES string of the molecule is CN1C(=O)[C@@H](NC(=O)Nc2ccc(F)cc2C(F)(F)F)N=C(c2ccccc2)c2ccccc21. The largest absolute Gasteiger partial charge is 0.418 e. The normalized spacial score (nSPS) is 15.8. The van der Waals surface area contributed by atoms with E-state index in [9.17, 15) is 27.2 Å². The fourth-order valence-corrected chi connectivity index (χ4v) is 3.59. The summed E-state index contributed by atoms with van der Waals surface area (Å²) in [5.41, 5.74) is 0.300. The highest BCUT2D eigenvalue weighted by Crippen LogP contribution is 2.35. The monoisotopic (exact) mass is 470 g/mol. The predicted molar refractivity (Wildman–Crippen MR) is 119 cm³/mol. The first-order chi connectivity index (χ1) is 16.1. The molecular formula is C24H18F4N4O2. The molecule has 3 aromatic rings. The van der Waals surface area contributed by atoms with E-state index >= 15 is 0 Å². The van der Waals surface area contributed by atoms with Gasteiger partial charge in [0.05, 0.1) is 22.6 Å². The van der Waals surface area contributed by atoms with Crippen molar-refractivity contribution in [3.63, 3.8) is 0 Å². The van der Waals surface area contributed by atoms with Gasteiger partial charge < -0.3 is 15.5 Å². The van der Waals surface area contributed by atoms with Crippen LogP contribution in [0, 0.1) is 5.82 Å². The van der Waals surface area contributed by atoms with E-state index in [0.29, 0.717) is 22.5 Å². The van der Waals surface area contributed by atoms with Gasteiger partial charge in [-0.25, -0.2) is 14.2 Å². The molecule has 0 unspecified atom stereocenters. The molecule has 0 saturated carbocycles. The van der Waals surface area contributed by atoms with Crippen molar-refractivity contribution in [2.45, 2.75) is 12.3 Å². The van der Waals surface area contributed by atoms with Crippen molar-refractivity contribution in [2.75, 3.05) is 17.3 Å². The lowest BCUT2D eigenvalue weighted by Gasteiger charge is -2.21. The molecule has 4 rings (SSSR count). The number of alkyl halides is 3. The third-order valence-corrected chi connectivity index (χ3v) is 5.19. The minimum atomic E-state index is -4.90. The third kappa shape index (κ3) is 4.61. The number of carbonyl (C=O) groups is 2. The van der Waals surface area contributed by atoms with Gasteiger partial charge in [0.2, 0.25) is 6.17 Å². The predicted octanol–water partition coefficient (Wildman–Crippen LogP) is 4.81. The lowest BCUT2D eigenvalue weighted by atomic mass is 10.0. The van der Waals surface area contributed by atoms with E-state index in [1.54, 1.807) is 48.5 Å². The van der Waals surface area contributed by atoms with Crippen LogP contribution >= 0.6 is 0 Å². The number of aliphatic imine (C=N–C) groups is 1. The highest BCUT2D eigenvalue weighted by molar-refractivity contribution is 6.20. The number of hydrogen-bond acceptors (Lipinski definition) is 3. The number of halogens is 4. The van der Waals surface area contributed by atoms with E-state index in [-0.39, 0.29) is 6.07 Å². The molecule has 1 aliphatic heterocycles. The number of benzodiazepines with no additional fused rings is 1. The molecule has 174 valence electrons. The van der Waals surface area contributed by atoms with Gasteiger partial charge in [-0.3, -0.25) is 4.79 Å². The zero-order valence-corrected chi connectivity index (χ0v) is 17.7. The zero-order valence-electron chi connectivity index (χ0n) is 17.7. The zero-order chi connectivity index (χ0) is 24.5. The van der Waals surface area contributed by atoms with Gasteiger partial charge in [-0.1, -0.05) is 48.5 Å². The van der Waals surface area contributed by atoms with E-state index < -0.39 is 41.3 Å². The molecule has 2 N–H and O–H groups in total. The van der Waals surface area contributed by atoms with E-state index in [0.717, 1.165) is 12.1 Å². The molecule has 0 aromatic heterocycles. The van der Waals surface area contributed by atoms with Gasteiger partial charge in [0.1, 0.15) is 5.82 Å². The summed E-state index contributed by atoms with van der Waals surface area (Å²) >= 11 is 0. The number of urea groups is 1. The summed E-state index contributed by atoms with van der Waals surface area (Å²) in [6.45, 7) is 0. The van der Waals surface area contributed by atoms with Crippen molar-refractivity contribution in [1.82, 2.24) is 5.32 Å². The van der Waals surface area contributed by atoms with Crippen LogP contribution in [0.5, 0.6) is 0 Å². The summed E-state index contributed by atoms with van der Waals surface area (Å²) in [5.74, 6) is -1.70. The molecule has 0 bridgehead atoms. The molecule has 6 nitrogen and oxygen atoms in total. The Balaban J connectivity index is 1.68. The standard InChI is InChI=1S/C24H18F4N4O2/c1-32-19-10-6-5-9-16(19)20(14-7-3-2-4-8-14)30-21(22(32)33)31-23(34)29-18-12-11-15(25)13-17(18)24(26,27)28/h2-13,21H,1H3,(H2,29,31,34)/t21-/m1/s1. The number of rotatable bonds is 3. The van der Waals surface area contributed by atoms with Gasteiger partial charge in [0, 0.05) is 18.2 Å². The maximum atomic E-state index is 13.4. The van der Waals surface area contributed by atoms with Gasteiger partial charge in [0.15, 0.2) is 0 Å². The summed E-state index contributed by atoms with van der Waals surface area (Å²) in [6, 6.07) is 16.8. The van der Waals surface area contributed by atoms with Gasteiger partial charge in [0.25, 0.3) is 5.91 Å². The van der Waals surface area contributed by atoms with Crippen molar-refractivity contribution >= 4 is 29.0 Å². The highest BCUT2D eigenvalue weighted by atomic mass is 19.4. The Morgan fingerprint density at radius 2 is 1.68 bits per heavy atom. The van der Waals surface area contributed by atoms with E-state index in [2.05, 4.69) is 10.3 Å². The number of hydrogen-bond donors (Lipinski definition) is 2. The smallest absolute Gasteiger partial charge is 0.311 e. The molecule has 0 radical (unpaired) electrons. The van der Waals surface area contributed by atoms with Crippen LogP contribution in [0.1, 0.15) is 16.7 Å². The number of fused-ring (bicyclic) bond motifs is 1. The van der Waals surface area contributed by atoms with E-state index in [1.807, 2.05) is 11.4 Å². The molecule has 0 fully saturated rings. The number of nitrogens with zero attached hydrogens (tertiary/aromatic N) is 2. The minimum absolute atomic E-state index is 0.280. The molecule has 10 heteroatoms. The first-order valence-electron chi connectivity index (χ1n) is 10.1. The van der Waals surface area contributed by atoms with Crippen LogP contribution in [-0.4, -0.2) is 30.9 Å². The van der Waals surface area contributed by atoms with E-state index in [4.69, 9.17) is 0 Å². The summed E-state index contributed by atoms with van der Waals surface area (Å²) in [7, 11) is 1.51. The average molecular weight is 470 g/mol. The maximum Gasteiger partial charge on any atom is 0.418 e. The molecule has 1 heterocycles. The fraction of sp³-hybridized carbons (Fsp3) is 0.125. The van der Waals surface area contributed by atoms with E-state index in [1.165, 1.54) is 11.9 Å². The van der Waals surface area contributed by atoms with Gasteiger partial charge in [-0.05, 0) is 24.3 Å². The molecule has 1 atom stereocenters. The lowest BCUT2D eigenvalue weighted by Crippen LogP contribution is -2.47. The van der Waals surface area contributed by atoms with Crippen LogP contribution in [0.15, 0.2) is 77.8 Å². The van der Waals surface area contributed by atoms with Crippen LogP contribution in [-0.2, 0) is 11.0 Å². The van der Waals surface area contributed by atoms with Gasteiger partial charge in [-0.2, -0.15) is 13.2 Å². The Kier molecular flexibility index (Phi) is 6.06. The second kappa shape index (κ2) is 8.97. The van der Waals surface area contributed by atoms with Gasteiger partial charge in [-0.15, -0.1) is 0 Å². The lowest BCUT2D eigenvalue weighted by molar-refractivity contribution is -0.137. The molecular weight excluding hydrogens is 452 g/mol. The van der Waals surface area contributed by atoms with Crippen molar-refractivity contribution in [1.29, 1.82) is 0 Å². The Labute approximate surface area is 191 Å². The highest BCUT2D eigenvalue weighted by Gasteiger charge is 2.35. The Morgan fingerprint density at radius 3 is 2.38 bits per heavy atom. The number of likely N-dealkylation sites (N-methyl/N-ethyl adjacent to an activating group) is 1. The molecule has 0 spiro atoms. The third-order valence-electron chi connectivity index (χ3n) is 5.19. The maximum absolute atomic E-state index is 13.4. The quantitative estimate of drug-likeness (QED) is 0.540. The van der Waals surface area contributed by atoms with Crippen LogP contribution < -0.4 is 15.5 Å². The van der Waals surface area contributed by atoms with Crippen molar-refractivity contribution in [3.05, 3.63) is 95.3 Å². The summed E-state index contributed by atoms with van der Waals surface area (Å²) < 4.78 is 53.2. The Hall–Kier alpha value is -4.21. The van der Waals surface area contributed by atoms with Gasteiger partial charge >= 0.3 is 12.2 Å². The Bertz CT molecular complexity index is 1280. The van der Waals surface area contributed by atoms with Crippen molar-refractivity contribution in [3.8, 4) is 0 Å². The second-order valence-corrected chi connectivity index (χ2v) is 7.45. The number of anilines is 2.